The standard InChI is InChI=1S/C19H40O5S.Na/c1-3-4-5-6-7-8-9-10-11-12-13-14-15-16-17-23-18-19(2)24-25(20,21)22;/h19H,3-18H2,1-2H3,(H,20,21,22);/q;+1/p-1. The first-order valence-electron chi connectivity index (χ1n) is 10.2. The molecule has 0 aliphatic heterocycles. The number of hydrogen-bond acceptors (Lipinski definition) is 5. The molecule has 1 atom stereocenters. The maximum absolute atomic E-state index is 10.4. The van der Waals surface area contributed by atoms with Gasteiger partial charge in [-0.25, -0.2) is 8.42 Å². The number of rotatable bonds is 19. The van der Waals surface area contributed by atoms with Gasteiger partial charge >= 0.3 is 29.6 Å². The summed E-state index contributed by atoms with van der Waals surface area (Å²) in [5, 5.41) is 0. The van der Waals surface area contributed by atoms with Crippen LogP contribution in [0.3, 0.4) is 0 Å². The minimum Gasteiger partial charge on any atom is -0.726 e. The van der Waals surface area contributed by atoms with Gasteiger partial charge in [0.1, 0.15) is 0 Å². The SMILES string of the molecule is CCCCCCCCCCCCCCCCOCC(C)OS(=O)(=O)[O-].[Na+]. The summed E-state index contributed by atoms with van der Waals surface area (Å²) in [7, 11) is -4.63. The molecule has 5 nitrogen and oxygen atoms in total. The van der Waals surface area contributed by atoms with Crippen molar-refractivity contribution in [3.8, 4) is 0 Å². The van der Waals surface area contributed by atoms with Crippen molar-refractivity contribution in [1.82, 2.24) is 0 Å². The van der Waals surface area contributed by atoms with E-state index in [1.165, 1.54) is 84.0 Å². The Hall–Kier alpha value is 0.830. The molecule has 0 aliphatic rings. The zero-order valence-electron chi connectivity index (χ0n) is 17.3. The van der Waals surface area contributed by atoms with E-state index in [0.717, 1.165) is 12.8 Å². The molecule has 0 rings (SSSR count). The van der Waals surface area contributed by atoms with Crippen LogP contribution in [-0.2, 0) is 19.3 Å². The fraction of sp³-hybridized carbons (Fsp3) is 1.00. The second kappa shape index (κ2) is 20.6. The molecule has 0 radical (unpaired) electrons. The van der Waals surface area contributed by atoms with Crippen LogP contribution in [0.5, 0.6) is 0 Å². The molecule has 0 heterocycles. The molecule has 0 saturated heterocycles. The quantitative estimate of drug-likeness (QED) is 0.143. The van der Waals surface area contributed by atoms with Gasteiger partial charge in [0.15, 0.2) is 0 Å². The molecule has 152 valence electrons. The fourth-order valence-corrected chi connectivity index (χ4v) is 3.33. The van der Waals surface area contributed by atoms with Crippen LogP contribution in [0.2, 0.25) is 0 Å². The summed E-state index contributed by atoms with van der Waals surface area (Å²) >= 11 is 0. The molecule has 0 fully saturated rings. The zero-order valence-corrected chi connectivity index (χ0v) is 20.2. The van der Waals surface area contributed by atoms with E-state index < -0.39 is 16.5 Å². The molecule has 0 aliphatic carbocycles. The van der Waals surface area contributed by atoms with Gasteiger partial charge in [-0.2, -0.15) is 0 Å². The van der Waals surface area contributed by atoms with E-state index in [0.29, 0.717) is 6.61 Å². The van der Waals surface area contributed by atoms with E-state index in [9.17, 15) is 13.0 Å². The Kier molecular flexibility index (Phi) is 23.0. The third-order valence-electron chi connectivity index (χ3n) is 4.28. The van der Waals surface area contributed by atoms with Gasteiger partial charge in [-0.1, -0.05) is 90.4 Å². The summed E-state index contributed by atoms with van der Waals surface area (Å²) in [6.45, 7) is 4.50. The van der Waals surface area contributed by atoms with Crippen LogP contribution >= 0.6 is 0 Å². The molecule has 0 amide bonds. The smallest absolute Gasteiger partial charge is 0.726 e. The Morgan fingerprint density at radius 3 is 1.54 bits per heavy atom. The summed E-state index contributed by atoms with van der Waals surface area (Å²) in [4.78, 5) is 0. The largest absolute Gasteiger partial charge is 1.00 e. The van der Waals surface area contributed by atoms with E-state index in [-0.39, 0.29) is 36.2 Å². The van der Waals surface area contributed by atoms with Crippen LogP contribution in [-0.4, -0.2) is 32.3 Å². The fourth-order valence-electron chi connectivity index (χ4n) is 2.88. The molecular weight excluding hydrogens is 363 g/mol. The molecular formula is C19H39NaO5S. The summed E-state index contributed by atoms with van der Waals surface area (Å²) in [6.07, 6.45) is 17.7. The minimum absolute atomic E-state index is 0. The van der Waals surface area contributed by atoms with Crippen molar-refractivity contribution in [1.29, 1.82) is 0 Å². The number of unbranched alkanes of at least 4 members (excludes halogenated alkanes) is 13. The average molecular weight is 403 g/mol. The van der Waals surface area contributed by atoms with Gasteiger partial charge in [-0.3, -0.25) is 4.18 Å². The Balaban J connectivity index is 0. The third-order valence-corrected chi connectivity index (χ3v) is 4.84. The predicted octanol–water partition coefficient (Wildman–Crippen LogP) is 2.35. The van der Waals surface area contributed by atoms with Gasteiger partial charge < -0.3 is 9.29 Å². The normalized spacial score (nSPS) is 12.7. The van der Waals surface area contributed by atoms with Crippen LogP contribution < -0.4 is 29.6 Å². The molecule has 7 heteroatoms. The minimum atomic E-state index is -4.63. The maximum atomic E-state index is 10.4. The van der Waals surface area contributed by atoms with Gasteiger partial charge in [-0.05, 0) is 13.3 Å². The Bertz CT molecular complexity index is 376. The summed E-state index contributed by atoms with van der Waals surface area (Å²) < 4.78 is 40.7. The van der Waals surface area contributed by atoms with Crippen LogP contribution in [0.1, 0.15) is 104 Å². The Morgan fingerprint density at radius 1 is 0.769 bits per heavy atom. The van der Waals surface area contributed by atoms with Gasteiger partial charge in [0.25, 0.3) is 0 Å². The molecule has 0 spiro atoms. The second-order valence-electron chi connectivity index (χ2n) is 6.99. The molecule has 0 aromatic rings. The molecule has 0 N–H and O–H groups in total. The average Bonchev–Trinajstić information content (AvgIpc) is 2.53. The van der Waals surface area contributed by atoms with Gasteiger partial charge in [-0.15, -0.1) is 0 Å². The summed E-state index contributed by atoms with van der Waals surface area (Å²) in [6, 6.07) is 0. The van der Waals surface area contributed by atoms with Crippen LogP contribution in [0.15, 0.2) is 0 Å². The molecule has 26 heavy (non-hydrogen) atoms. The molecule has 1 unspecified atom stereocenters. The van der Waals surface area contributed by atoms with Crippen molar-refractivity contribution in [2.75, 3.05) is 13.2 Å². The first kappa shape index (κ1) is 29.0. The first-order valence-corrected chi connectivity index (χ1v) is 11.5. The van der Waals surface area contributed by atoms with Gasteiger partial charge in [0.2, 0.25) is 10.4 Å². The topological polar surface area (TPSA) is 75.7 Å². The Morgan fingerprint density at radius 2 is 1.15 bits per heavy atom. The maximum Gasteiger partial charge on any atom is 1.00 e. The van der Waals surface area contributed by atoms with Crippen molar-refractivity contribution in [3.05, 3.63) is 0 Å². The van der Waals surface area contributed by atoms with Crippen molar-refractivity contribution in [2.24, 2.45) is 0 Å². The van der Waals surface area contributed by atoms with E-state index >= 15 is 0 Å². The first-order chi connectivity index (χ1) is 12.0. The van der Waals surface area contributed by atoms with E-state index in [4.69, 9.17) is 4.74 Å². The van der Waals surface area contributed by atoms with Crippen LogP contribution in [0, 0.1) is 0 Å². The number of hydrogen-bond donors (Lipinski definition) is 0. The molecule has 0 aromatic carbocycles. The van der Waals surface area contributed by atoms with Gasteiger partial charge in [0, 0.05) is 6.61 Å². The molecule has 0 bridgehead atoms. The number of ether oxygens (including phenoxy) is 1. The zero-order chi connectivity index (χ0) is 18.8. The predicted molar refractivity (Wildman–Crippen MR) is 101 cm³/mol. The van der Waals surface area contributed by atoms with Crippen LogP contribution in [0.4, 0.5) is 0 Å². The van der Waals surface area contributed by atoms with E-state index in [2.05, 4.69) is 11.1 Å². The van der Waals surface area contributed by atoms with Gasteiger partial charge in [0.05, 0.1) is 12.7 Å². The van der Waals surface area contributed by atoms with Crippen LogP contribution in [0.25, 0.3) is 0 Å². The summed E-state index contributed by atoms with van der Waals surface area (Å²) in [5.41, 5.74) is 0. The van der Waals surface area contributed by atoms with E-state index in [1.54, 1.807) is 0 Å². The second-order valence-corrected chi connectivity index (χ2v) is 8.00. The summed E-state index contributed by atoms with van der Waals surface area (Å²) in [5.74, 6) is 0. The van der Waals surface area contributed by atoms with E-state index in [1.807, 2.05) is 0 Å². The van der Waals surface area contributed by atoms with Crippen molar-refractivity contribution in [2.45, 2.75) is 110 Å². The third kappa shape index (κ3) is 24.8. The van der Waals surface area contributed by atoms with Crippen molar-refractivity contribution < 1.29 is 51.4 Å². The van der Waals surface area contributed by atoms with Crippen molar-refractivity contribution in [3.63, 3.8) is 0 Å². The molecule has 0 saturated carbocycles. The van der Waals surface area contributed by atoms with Crippen molar-refractivity contribution >= 4 is 10.4 Å². The molecule has 0 aromatic heterocycles. The monoisotopic (exact) mass is 402 g/mol. The Labute approximate surface area is 184 Å².